The van der Waals surface area contributed by atoms with E-state index in [-0.39, 0.29) is 24.1 Å². The predicted octanol–water partition coefficient (Wildman–Crippen LogP) is 8.40. The number of carboxylic acids is 3. The van der Waals surface area contributed by atoms with Crippen molar-refractivity contribution in [3.63, 3.8) is 0 Å². The molecule has 3 atom stereocenters. The van der Waals surface area contributed by atoms with Gasteiger partial charge >= 0.3 is 11.9 Å². The molecular formula is C37H69NO6. The fraction of sp³-hybridized carbons (Fsp3) is 0.865. The molecule has 0 aromatic carbocycles. The van der Waals surface area contributed by atoms with Gasteiger partial charge in [0.2, 0.25) is 0 Å². The van der Waals surface area contributed by atoms with Gasteiger partial charge in [0.1, 0.15) is 11.8 Å². The minimum atomic E-state index is -1.14. The highest BCUT2D eigenvalue weighted by Gasteiger charge is 2.39. The summed E-state index contributed by atoms with van der Waals surface area (Å²) in [6.45, 7) is 9.03. The Hall–Kier alpha value is -1.89. The standard InChI is InChI=1S/C37H69NO6/c1-5-9-10-11-12-13-14-15-16-17-18-19-20-21-22-23-24-25-26-27-28-38(29-32(6-2)35(39)40,30-33(7-3)36(41)42)31-34(8-4)37(43)44/h10-11,32-34H,5-9,12-31H2,1-4H3,(H2-,39,40,41,42,43,44)/b11-10+. The van der Waals surface area contributed by atoms with Crippen LogP contribution in [0.2, 0.25) is 0 Å². The van der Waals surface area contributed by atoms with E-state index in [2.05, 4.69) is 19.1 Å². The van der Waals surface area contributed by atoms with Crippen molar-refractivity contribution in [1.82, 2.24) is 0 Å². The molecule has 3 unspecified atom stereocenters. The number of rotatable bonds is 32. The Kier molecular flexibility index (Phi) is 26.2. The average molecular weight is 624 g/mol. The summed E-state index contributed by atoms with van der Waals surface area (Å²) < 4.78 is 0.221. The summed E-state index contributed by atoms with van der Waals surface area (Å²) in [6, 6.07) is 0. The van der Waals surface area contributed by atoms with E-state index in [1.165, 1.54) is 96.3 Å². The normalized spacial score (nSPS) is 15.2. The van der Waals surface area contributed by atoms with Crippen LogP contribution >= 0.6 is 0 Å². The van der Waals surface area contributed by atoms with E-state index in [1.807, 2.05) is 13.8 Å². The van der Waals surface area contributed by atoms with Gasteiger partial charge in [-0.2, -0.15) is 0 Å². The van der Waals surface area contributed by atoms with Crippen LogP contribution < -0.4 is 5.11 Å². The zero-order valence-electron chi connectivity index (χ0n) is 29.0. The zero-order chi connectivity index (χ0) is 33.1. The number of quaternary nitrogens is 1. The first-order chi connectivity index (χ1) is 21.2. The Bertz CT molecular complexity index is 707. The maximum absolute atomic E-state index is 12.0. The van der Waals surface area contributed by atoms with E-state index in [0.29, 0.717) is 25.8 Å². The molecule has 2 N–H and O–H groups in total. The van der Waals surface area contributed by atoms with Gasteiger partial charge in [0.15, 0.2) is 0 Å². The summed E-state index contributed by atoms with van der Waals surface area (Å²) in [6.07, 6.45) is 28.3. The third kappa shape index (κ3) is 21.0. The molecule has 0 aliphatic heterocycles. The molecule has 0 saturated heterocycles. The van der Waals surface area contributed by atoms with Crippen LogP contribution in [0.15, 0.2) is 12.2 Å². The second-order valence-corrected chi connectivity index (χ2v) is 13.3. The molecule has 7 nitrogen and oxygen atoms in total. The molecule has 0 bridgehead atoms. The molecule has 0 saturated carbocycles. The number of unbranched alkanes of at least 4 members (excludes halogenated alkanes) is 16. The van der Waals surface area contributed by atoms with E-state index in [1.54, 1.807) is 6.92 Å². The Morgan fingerprint density at radius 1 is 0.545 bits per heavy atom. The van der Waals surface area contributed by atoms with Gasteiger partial charge in [-0.1, -0.05) is 123 Å². The van der Waals surface area contributed by atoms with E-state index >= 15 is 0 Å². The second-order valence-electron chi connectivity index (χ2n) is 13.3. The summed E-state index contributed by atoms with van der Waals surface area (Å²) in [5.41, 5.74) is 0. The van der Waals surface area contributed by atoms with Crippen molar-refractivity contribution < 1.29 is 34.2 Å². The lowest BCUT2D eigenvalue weighted by molar-refractivity contribution is -0.935. The molecule has 0 heterocycles. The largest absolute Gasteiger partial charge is 0.550 e. The highest BCUT2D eigenvalue weighted by molar-refractivity contribution is 5.70. The highest BCUT2D eigenvalue weighted by atomic mass is 16.4. The van der Waals surface area contributed by atoms with E-state index in [0.717, 1.165) is 19.3 Å². The molecule has 0 spiro atoms. The van der Waals surface area contributed by atoms with Gasteiger partial charge in [-0.15, -0.1) is 0 Å². The first-order valence-corrected chi connectivity index (χ1v) is 18.3. The number of nitrogens with zero attached hydrogens (tertiary/aromatic N) is 1. The maximum Gasteiger partial charge on any atom is 0.312 e. The Morgan fingerprint density at radius 3 is 1.23 bits per heavy atom. The minimum Gasteiger partial charge on any atom is -0.550 e. The fourth-order valence-electron chi connectivity index (χ4n) is 6.44. The zero-order valence-corrected chi connectivity index (χ0v) is 29.0. The minimum absolute atomic E-state index is 0.221. The smallest absolute Gasteiger partial charge is 0.312 e. The predicted molar refractivity (Wildman–Crippen MR) is 179 cm³/mol. The number of carbonyl (C=O) groups is 3. The van der Waals surface area contributed by atoms with Gasteiger partial charge in [-0.3, -0.25) is 9.59 Å². The lowest BCUT2D eigenvalue weighted by Crippen LogP contribution is -2.59. The molecule has 0 rings (SSSR count). The van der Waals surface area contributed by atoms with Gasteiger partial charge in [0.05, 0.1) is 32.1 Å². The van der Waals surface area contributed by atoms with Crippen LogP contribution in [0.5, 0.6) is 0 Å². The highest BCUT2D eigenvalue weighted by Crippen LogP contribution is 2.25. The first kappa shape index (κ1) is 42.1. The second kappa shape index (κ2) is 27.4. The molecule has 0 aromatic rings. The van der Waals surface area contributed by atoms with Crippen LogP contribution in [0.25, 0.3) is 0 Å². The van der Waals surface area contributed by atoms with E-state index in [9.17, 15) is 29.7 Å². The number of carbonyl (C=O) groups excluding carboxylic acids is 1. The van der Waals surface area contributed by atoms with Gasteiger partial charge in [0.25, 0.3) is 0 Å². The van der Waals surface area contributed by atoms with Crippen molar-refractivity contribution >= 4 is 17.9 Å². The van der Waals surface area contributed by atoms with Crippen LogP contribution in [-0.2, 0) is 14.4 Å². The number of hydrogen-bond donors (Lipinski definition) is 2. The Morgan fingerprint density at radius 2 is 0.886 bits per heavy atom. The van der Waals surface area contributed by atoms with Crippen LogP contribution in [0, 0.1) is 17.8 Å². The van der Waals surface area contributed by atoms with Crippen molar-refractivity contribution in [2.45, 2.75) is 163 Å². The first-order valence-electron chi connectivity index (χ1n) is 18.3. The summed E-state index contributed by atoms with van der Waals surface area (Å²) in [7, 11) is 0. The number of carboxylic acid groups (broad SMARTS) is 3. The third-order valence-electron chi connectivity index (χ3n) is 9.46. The molecule has 0 aliphatic carbocycles. The summed E-state index contributed by atoms with van der Waals surface area (Å²) >= 11 is 0. The van der Waals surface area contributed by atoms with E-state index < -0.39 is 35.7 Å². The van der Waals surface area contributed by atoms with Crippen molar-refractivity contribution in [2.24, 2.45) is 17.8 Å². The topological polar surface area (TPSA) is 115 Å². The monoisotopic (exact) mass is 624 g/mol. The molecule has 0 fully saturated rings. The summed E-state index contributed by atoms with van der Waals surface area (Å²) in [5.74, 6) is -4.94. The van der Waals surface area contributed by atoms with Crippen LogP contribution in [0.4, 0.5) is 0 Å². The average Bonchev–Trinajstić information content (AvgIpc) is 2.99. The Balaban J connectivity index is 4.53. The van der Waals surface area contributed by atoms with Crippen molar-refractivity contribution in [2.75, 3.05) is 26.2 Å². The SMILES string of the molecule is CCC/C=C/CCCCCCCCCCCCCCCCC[N+](CC(CC)C(=O)[O-])(CC(CC)C(=O)O)CC(CC)C(=O)O. The summed E-state index contributed by atoms with van der Waals surface area (Å²) in [4.78, 5) is 35.9. The maximum atomic E-state index is 12.0. The summed E-state index contributed by atoms with van der Waals surface area (Å²) in [5, 5.41) is 31.5. The van der Waals surface area contributed by atoms with Gasteiger partial charge in [-0.05, 0) is 51.4 Å². The van der Waals surface area contributed by atoms with Crippen LogP contribution in [0.1, 0.15) is 163 Å². The van der Waals surface area contributed by atoms with Crippen LogP contribution in [0.3, 0.4) is 0 Å². The molecule has 0 amide bonds. The number of allylic oxidation sites excluding steroid dienone is 2. The van der Waals surface area contributed by atoms with Gasteiger partial charge in [-0.25, -0.2) is 0 Å². The van der Waals surface area contributed by atoms with Gasteiger partial charge < -0.3 is 24.6 Å². The van der Waals surface area contributed by atoms with Crippen LogP contribution in [-0.4, -0.2) is 58.8 Å². The molecule has 0 aliphatic rings. The van der Waals surface area contributed by atoms with Crippen molar-refractivity contribution in [3.05, 3.63) is 12.2 Å². The molecule has 0 aromatic heterocycles. The van der Waals surface area contributed by atoms with E-state index in [4.69, 9.17) is 0 Å². The van der Waals surface area contributed by atoms with Gasteiger partial charge in [0, 0.05) is 5.92 Å². The fourth-order valence-corrected chi connectivity index (χ4v) is 6.44. The molecule has 44 heavy (non-hydrogen) atoms. The Labute approximate surface area is 270 Å². The quantitative estimate of drug-likeness (QED) is 0.0442. The molecular weight excluding hydrogens is 554 g/mol. The lowest BCUT2D eigenvalue weighted by atomic mass is 9.95. The lowest BCUT2D eigenvalue weighted by Gasteiger charge is -2.44. The third-order valence-corrected chi connectivity index (χ3v) is 9.46. The molecule has 258 valence electrons. The number of aliphatic carboxylic acids is 3. The number of hydrogen-bond acceptors (Lipinski definition) is 4. The molecule has 0 radical (unpaired) electrons. The molecule has 7 heteroatoms. The van der Waals surface area contributed by atoms with Crippen molar-refractivity contribution in [3.8, 4) is 0 Å². The van der Waals surface area contributed by atoms with Crippen molar-refractivity contribution in [1.29, 1.82) is 0 Å².